The molecule has 1 fully saturated rings. The van der Waals surface area contributed by atoms with E-state index in [4.69, 9.17) is 5.73 Å². The number of amides is 1. The molecule has 1 aromatic heterocycles. The Bertz CT molecular complexity index is 672. The van der Waals surface area contributed by atoms with Crippen LogP contribution in [0.5, 0.6) is 0 Å². The minimum Gasteiger partial charge on any atom is -0.368 e. The molecule has 1 aliphatic rings. The number of rotatable bonds is 4. The Hall–Kier alpha value is -3.16. The summed E-state index contributed by atoms with van der Waals surface area (Å²) in [4.78, 5) is 29.8. The van der Waals surface area contributed by atoms with Gasteiger partial charge in [-0.15, -0.1) is 0 Å². The van der Waals surface area contributed by atoms with Gasteiger partial charge in [-0.05, 0) is 30.3 Å². The highest BCUT2D eigenvalue weighted by molar-refractivity contribution is 5.93. The van der Waals surface area contributed by atoms with E-state index in [9.17, 15) is 14.9 Å². The quantitative estimate of drug-likeness (QED) is 0.672. The highest BCUT2D eigenvalue weighted by Gasteiger charge is 2.19. The molecule has 24 heavy (non-hydrogen) atoms. The fourth-order valence-corrected chi connectivity index (χ4v) is 2.70. The Labute approximate surface area is 138 Å². The number of nitrogens with two attached hydrogens (primary N) is 1. The topological polar surface area (TPSA) is 106 Å². The zero-order valence-electron chi connectivity index (χ0n) is 13.0. The van der Waals surface area contributed by atoms with Crippen molar-refractivity contribution in [2.75, 3.05) is 36.0 Å². The maximum absolute atomic E-state index is 11.1. The lowest BCUT2D eigenvalue weighted by molar-refractivity contribution is -0.385. The van der Waals surface area contributed by atoms with E-state index in [-0.39, 0.29) is 5.69 Å². The molecule has 1 aromatic carbocycles. The van der Waals surface area contributed by atoms with E-state index >= 15 is 0 Å². The maximum Gasteiger partial charge on any atom is 0.287 e. The van der Waals surface area contributed by atoms with Crippen LogP contribution < -0.4 is 15.5 Å². The van der Waals surface area contributed by atoms with Gasteiger partial charge in [-0.3, -0.25) is 14.9 Å². The van der Waals surface area contributed by atoms with Crippen molar-refractivity contribution < 1.29 is 9.72 Å². The second-order valence-corrected chi connectivity index (χ2v) is 5.52. The molecule has 0 spiro atoms. The molecule has 0 atom stereocenters. The van der Waals surface area contributed by atoms with Crippen LogP contribution in [0.2, 0.25) is 0 Å². The molecule has 0 radical (unpaired) electrons. The van der Waals surface area contributed by atoms with Crippen LogP contribution in [0, 0.1) is 10.1 Å². The molecule has 124 valence electrons. The highest BCUT2D eigenvalue weighted by atomic mass is 16.6. The summed E-state index contributed by atoms with van der Waals surface area (Å²) in [6.07, 6.45) is 1.28. The number of carbonyl (C=O) groups excluding carboxylic acids is 1. The van der Waals surface area contributed by atoms with E-state index in [2.05, 4.69) is 14.8 Å². The molecule has 1 aliphatic heterocycles. The number of benzene rings is 1. The molecule has 2 N–H and O–H groups in total. The number of anilines is 2. The Balaban J connectivity index is 1.62. The molecule has 0 aliphatic carbocycles. The summed E-state index contributed by atoms with van der Waals surface area (Å²) in [6, 6.07) is 10.4. The SMILES string of the molecule is NC(=O)c1ccc(N2CCN(c3ccc([N+](=O)[O-])cn3)CC2)cc1. The molecular weight excluding hydrogens is 310 g/mol. The van der Waals surface area contributed by atoms with Gasteiger partial charge in [0.05, 0.1) is 4.92 Å². The van der Waals surface area contributed by atoms with Crippen molar-refractivity contribution in [2.24, 2.45) is 5.73 Å². The highest BCUT2D eigenvalue weighted by Crippen LogP contribution is 2.21. The van der Waals surface area contributed by atoms with Gasteiger partial charge >= 0.3 is 0 Å². The van der Waals surface area contributed by atoms with Gasteiger partial charge in [0.2, 0.25) is 5.91 Å². The largest absolute Gasteiger partial charge is 0.368 e. The van der Waals surface area contributed by atoms with Crippen LogP contribution in [0.4, 0.5) is 17.2 Å². The summed E-state index contributed by atoms with van der Waals surface area (Å²) in [5, 5.41) is 10.7. The predicted molar refractivity (Wildman–Crippen MR) is 90.3 cm³/mol. The van der Waals surface area contributed by atoms with Crippen molar-refractivity contribution in [1.29, 1.82) is 0 Å². The van der Waals surface area contributed by atoms with E-state index in [1.165, 1.54) is 12.3 Å². The van der Waals surface area contributed by atoms with Crippen molar-refractivity contribution in [1.82, 2.24) is 4.98 Å². The average molecular weight is 327 g/mol. The Morgan fingerprint density at radius 1 is 1.04 bits per heavy atom. The molecule has 8 nitrogen and oxygen atoms in total. The van der Waals surface area contributed by atoms with Crippen LogP contribution in [-0.2, 0) is 0 Å². The van der Waals surface area contributed by atoms with E-state index in [0.717, 1.165) is 37.7 Å². The lowest BCUT2D eigenvalue weighted by atomic mass is 10.1. The summed E-state index contributed by atoms with van der Waals surface area (Å²) < 4.78 is 0. The number of nitro groups is 1. The summed E-state index contributed by atoms with van der Waals surface area (Å²) in [6.45, 7) is 3.13. The van der Waals surface area contributed by atoms with Gasteiger partial charge in [0.25, 0.3) is 5.69 Å². The summed E-state index contributed by atoms with van der Waals surface area (Å²) in [7, 11) is 0. The first-order chi connectivity index (χ1) is 11.5. The smallest absolute Gasteiger partial charge is 0.287 e. The Kier molecular flexibility index (Phi) is 4.28. The maximum atomic E-state index is 11.1. The van der Waals surface area contributed by atoms with E-state index in [1.807, 2.05) is 12.1 Å². The molecular formula is C16H17N5O3. The molecule has 0 bridgehead atoms. The summed E-state index contributed by atoms with van der Waals surface area (Å²) in [5.41, 5.74) is 6.77. The predicted octanol–water partition coefficient (Wildman–Crippen LogP) is 1.42. The number of hydrogen-bond acceptors (Lipinski definition) is 6. The van der Waals surface area contributed by atoms with Crippen molar-refractivity contribution >= 4 is 23.1 Å². The average Bonchev–Trinajstić information content (AvgIpc) is 2.62. The second-order valence-electron chi connectivity index (χ2n) is 5.52. The van der Waals surface area contributed by atoms with Crippen molar-refractivity contribution in [3.8, 4) is 0 Å². The third kappa shape index (κ3) is 3.27. The summed E-state index contributed by atoms with van der Waals surface area (Å²) in [5.74, 6) is 0.306. The van der Waals surface area contributed by atoms with Crippen LogP contribution in [0.15, 0.2) is 42.6 Å². The molecule has 1 saturated heterocycles. The van der Waals surface area contributed by atoms with Crippen LogP contribution >= 0.6 is 0 Å². The minimum atomic E-state index is -0.454. The van der Waals surface area contributed by atoms with Gasteiger partial charge in [-0.1, -0.05) is 0 Å². The second kappa shape index (κ2) is 6.53. The minimum absolute atomic E-state index is 0.00748. The summed E-state index contributed by atoms with van der Waals surface area (Å²) >= 11 is 0. The normalized spacial score (nSPS) is 14.5. The van der Waals surface area contributed by atoms with Crippen molar-refractivity contribution in [2.45, 2.75) is 0 Å². The van der Waals surface area contributed by atoms with Gasteiger partial charge < -0.3 is 15.5 Å². The number of piperazine rings is 1. The molecule has 2 heterocycles. The number of aromatic nitrogens is 1. The fourth-order valence-electron chi connectivity index (χ4n) is 2.70. The molecule has 3 rings (SSSR count). The zero-order valence-corrected chi connectivity index (χ0v) is 13.0. The van der Waals surface area contributed by atoms with Gasteiger partial charge in [0.15, 0.2) is 0 Å². The van der Waals surface area contributed by atoms with Gasteiger partial charge in [0.1, 0.15) is 12.0 Å². The van der Waals surface area contributed by atoms with Crippen LogP contribution in [0.3, 0.4) is 0 Å². The third-order valence-electron chi connectivity index (χ3n) is 4.06. The van der Waals surface area contributed by atoms with Gasteiger partial charge in [-0.25, -0.2) is 4.98 Å². The van der Waals surface area contributed by atoms with Crippen LogP contribution in [-0.4, -0.2) is 42.0 Å². The molecule has 0 saturated carbocycles. The molecule has 2 aromatic rings. The Morgan fingerprint density at radius 3 is 2.17 bits per heavy atom. The van der Waals surface area contributed by atoms with Gasteiger partial charge in [-0.2, -0.15) is 0 Å². The zero-order chi connectivity index (χ0) is 17.1. The fraction of sp³-hybridized carbons (Fsp3) is 0.250. The van der Waals surface area contributed by atoms with E-state index in [0.29, 0.717) is 5.56 Å². The number of pyridine rings is 1. The number of nitrogens with zero attached hydrogens (tertiary/aromatic N) is 4. The van der Waals surface area contributed by atoms with E-state index < -0.39 is 10.8 Å². The van der Waals surface area contributed by atoms with Crippen molar-refractivity contribution in [3.05, 3.63) is 58.3 Å². The molecule has 8 heteroatoms. The first kappa shape index (κ1) is 15.7. The first-order valence-electron chi connectivity index (χ1n) is 7.55. The Morgan fingerprint density at radius 2 is 1.67 bits per heavy atom. The standard InChI is InChI=1S/C16H17N5O3/c17-16(22)12-1-3-13(4-2-12)19-7-9-20(10-8-19)15-6-5-14(11-18-15)21(23)24/h1-6,11H,7-10H2,(H2,17,22). The first-order valence-corrected chi connectivity index (χ1v) is 7.55. The molecule has 0 unspecified atom stereocenters. The van der Waals surface area contributed by atoms with Crippen LogP contribution in [0.25, 0.3) is 0 Å². The lowest BCUT2D eigenvalue weighted by Crippen LogP contribution is -2.46. The number of primary amides is 1. The third-order valence-corrected chi connectivity index (χ3v) is 4.06. The van der Waals surface area contributed by atoms with Crippen LogP contribution in [0.1, 0.15) is 10.4 Å². The van der Waals surface area contributed by atoms with Gasteiger partial charge in [0, 0.05) is 43.5 Å². The number of carbonyl (C=O) groups is 1. The van der Waals surface area contributed by atoms with Crippen molar-refractivity contribution in [3.63, 3.8) is 0 Å². The lowest BCUT2D eigenvalue weighted by Gasteiger charge is -2.36. The molecule has 1 amide bonds. The number of hydrogen-bond donors (Lipinski definition) is 1. The monoisotopic (exact) mass is 327 g/mol. The van der Waals surface area contributed by atoms with E-state index in [1.54, 1.807) is 18.2 Å².